The topological polar surface area (TPSA) is 72.9 Å². The number of hydrogen-bond acceptors (Lipinski definition) is 5. The predicted octanol–water partition coefficient (Wildman–Crippen LogP) is 0.658. The molecule has 0 aromatic carbocycles. The van der Waals surface area contributed by atoms with Crippen molar-refractivity contribution in [3.05, 3.63) is 12.2 Å². The van der Waals surface area contributed by atoms with Gasteiger partial charge in [0.1, 0.15) is 6.29 Å². The van der Waals surface area contributed by atoms with Crippen molar-refractivity contribution in [3.63, 3.8) is 0 Å². The van der Waals surface area contributed by atoms with Crippen molar-refractivity contribution in [2.24, 2.45) is 0 Å². The molecule has 106 valence electrons. The number of aldehydes is 1. The standard InChI is InChI=1S/C13H19NO5/c1-3-18-13-11(19-10(2)16)9-12(17)14(13)7-5-4-6-8-15/h4,6,8,11,13H,3,5,7,9H2,1-2H3/b6-4+/t11-,13+/m0/s1. The molecule has 1 fully saturated rings. The summed E-state index contributed by atoms with van der Waals surface area (Å²) in [6, 6.07) is 0. The Bertz CT molecular complexity index is 366. The molecule has 1 rings (SSSR count). The smallest absolute Gasteiger partial charge is 0.303 e. The lowest BCUT2D eigenvalue weighted by Crippen LogP contribution is -2.41. The van der Waals surface area contributed by atoms with Gasteiger partial charge in [0.2, 0.25) is 5.91 Å². The van der Waals surface area contributed by atoms with E-state index in [-0.39, 0.29) is 12.3 Å². The fourth-order valence-corrected chi connectivity index (χ4v) is 2.03. The first-order chi connectivity index (χ1) is 9.10. The Morgan fingerprint density at radius 3 is 2.84 bits per heavy atom. The zero-order valence-electron chi connectivity index (χ0n) is 11.2. The van der Waals surface area contributed by atoms with Gasteiger partial charge in [-0.3, -0.25) is 14.4 Å². The molecule has 1 amide bonds. The first-order valence-electron chi connectivity index (χ1n) is 6.28. The number of allylic oxidation sites excluding steroid dienone is 1. The Balaban J connectivity index is 2.65. The van der Waals surface area contributed by atoms with E-state index in [1.165, 1.54) is 13.0 Å². The van der Waals surface area contributed by atoms with Gasteiger partial charge in [-0.1, -0.05) is 6.08 Å². The van der Waals surface area contributed by atoms with Gasteiger partial charge in [-0.2, -0.15) is 0 Å². The number of esters is 1. The molecular weight excluding hydrogens is 250 g/mol. The molecule has 0 spiro atoms. The van der Waals surface area contributed by atoms with Crippen LogP contribution in [0.15, 0.2) is 12.2 Å². The monoisotopic (exact) mass is 269 g/mol. The highest BCUT2D eigenvalue weighted by atomic mass is 16.6. The molecule has 1 aliphatic heterocycles. The molecule has 0 radical (unpaired) electrons. The van der Waals surface area contributed by atoms with Crippen molar-refractivity contribution in [1.82, 2.24) is 4.90 Å². The first kappa shape index (κ1) is 15.4. The number of carbonyl (C=O) groups is 3. The molecule has 6 nitrogen and oxygen atoms in total. The van der Waals surface area contributed by atoms with Crippen LogP contribution in [0.1, 0.15) is 26.7 Å². The van der Waals surface area contributed by atoms with Crippen molar-refractivity contribution in [3.8, 4) is 0 Å². The predicted molar refractivity (Wildman–Crippen MR) is 67.1 cm³/mol. The SMILES string of the molecule is CCO[C@@H]1[C@@H](OC(C)=O)CC(=O)N1CC/C=C/C=O. The summed E-state index contributed by atoms with van der Waals surface area (Å²) in [5.74, 6) is -0.533. The Labute approximate surface area is 112 Å². The third kappa shape index (κ3) is 4.48. The van der Waals surface area contributed by atoms with E-state index in [0.717, 1.165) is 0 Å². The summed E-state index contributed by atoms with van der Waals surface area (Å²) in [5, 5.41) is 0. The van der Waals surface area contributed by atoms with Gasteiger partial charge in [-0.05, 0) is 19.4 Å². The van der Waals surface area contributed by atoms with Gasteiger partial charge in [0.15, 0.2) is 12.3 Å². The Kier molecular flexibility index (Phi) is 6.21. The zero-order valence-corrected chi connectivity index (χ0v) is 11.2. The molecule has 0 aromatic rings. The van der Waals surface area contributed by atoms with Gasteiger partial charge in [-0.25, -0.2) is 0 Å². The normalized spacial score (nSPS) is 23.1. The van der Waals surface area contributed by atoms with E-state index in [4.69, 9.17) is 9.47 Å². The van der Waals surface area contributed by atoms with Crippen LogP contribution in [0.4, 0.5) is 0 Å². The van der Waals surface area contributed by atoms with E-state index in [2.05, 4.69) is 0 Å². The number of rotatable bonds is 7. The average Bonchev–Trinajstić information content (AvgIpc) is 2.62. The van der Waals surface area contributed by atoms with E-state index in [1.54, 1.807) is 11.0 Å². The molecule has 0 aromatic heterocycles. The van der Waals surface area contributed by atoms with E-state index in [9.17, 15) is 14.4 Å². The second kappa shape index (κ2) is 7.68. The third-order valence-electron chi connectivity index (χ3n) is 2.73. The van der Waals surface area contributed by atoms with E-state index < -0.39 is 18.3 Å². The summed E-state index contributed by atoms with van der Waals surface area (Å²) in [7, 11) is 0. The van der Waals surface area contributed by atoms with E-state index in [0.29, 0.717) is 25.9 Å². The summed E-state index contributed by atoms with van der Waals surface area (Å²) in [5.41, 5.74) is 0. The van der Waals surface area contributed by atoms with Crippen LogP contribution in [0.3, 0.4) is 0 Å². The summed E-state index contributed by atoms with van der Waals surface area (Å²) in [6.07, 6.45) is 3.36. The maximum absolute atomic E-state index is 11.9. The number of hydrogen-bond donors (Lipinski definition) is 0. The van der Waals surface area contributed by atoms with Gasteiger partial charge in [-0.15, -0.1) is 0 Å². The number of amides is 1. The lowest BCUT2D eigenvalue weighted by atomic mass is 10.3. The fourth-order valence-electron chi connectivity index (χ4n) is 2.03. The number of carbonyl (C=O) groups excluding carboxylic acids is 3. The highest BCUT2D eigenvalue weighted by Gasteiger charge is 2.42. The van der Waals surface area contributed by atoms with Crippen molar-refractivity contribution in [2.75, 3.05) is 13.2 Å². The number of likely N-dealkylation sites (tertiary alicyclic amines) is 1. The van der Waals surface area contributed by atoms with Crippen LogP contribution in [0.5, 0.6) is 0 Å². The number of ether oxygens (including phenoxy) is 2. The molecule has 1 aliphatic rings. The van der Waals surface area contributed by atoms with Gasteiger partial charge >= 0.3 is 5.97 Å². The van der Waals surface area contributed by atoms with Crippen molar-refractivity contribution in [2.45, 2.75) is 39.0 Å². The average molecular weight is 269 g/mol. The second-order valence-electron chi connectivity index (χ2n) is 4.14. The van der Waals surface area contributed by atoms with E-state index in [1.807, 2.05) is 6.92 Å². The Morgan fingerprint density at radius 2 is 2.26 bits per heavy atom. The van der Waals surface area contributed by atoms with Crippen LogP contribution in [-0.4, -0.2) is 48.5 Å². The molecular formula is C13H19NO5. The van der Waals surface area contributed by atoms with Crippen molar-refractivity contribution < 1.29 is 23.9 Å². The Morgan fingerprint density at radius 1 is 1.53 bits per heavy atom. The minimum Gasteiger partial charge on any atom is -0.457 e. The van der Waals surface area contributed by atoms with Crippen LogP contribution >= 0.6 is 0 Å². The van der Waals surface area contributed by atoms with Crippen LogP contribution in [-0.2, 0) is 23.9 Å². The molecule has 6 heteroatoms. The van der Waals surface area contributed by atoms with Gasteiger partial charge < -0.3 is 14.4 Å². The van der Waals surface area contributed by atoms with Crippen LogP contribution in [0.2, 0.25) is 0 Å². The maximum Gasteiger partial charge on any atom is 0.303 e. The van der Waals surface area contributed by atoms with Gasteiger partial charge in [0.05, 0.1) is 6.42 Å². The summed E-state index contributed by atoms with van der Waals surface area (Å²) in [6.45, 7) is 3.99. The van der Waals surface area contributed by atoms with Crippen molar-refractivity contribution in [1.29, 1.82) is 0 Å². The highest BCUT2D eigenvalue weighted by Crippen LogP contribution is 2.23. The molecule has 0 unspecified atom stereocenters. The second-order valence-corrected chi connectivity index (χ2v) is 4.14. The lowest BCUT2D eigenvalue weighted by molar-refractivity contribution is -0.160. The molecule has 0 saturated carbocycles. The fraction of sp³-hybridized carbons (Fsp3) is 0.615. The minimum atomic E-state index is -0.556. The summed E-state index contributed by atoms with van der Waals surface area (Å²) < 4.78 is 10.6. The zero-order chi connectivity index (χ0) is 14.3. The molecule has 2 atom stereocenters. The van der Waals surface area contributed by atoms with E-state index >= 15 is 0 Å². The van der Waals surface area contributed by atoms with Crippen LogP contribution < -0.4 is 0 Å². The van der Waals surface area contributed by atoms with Gasteiger partial charge in [0.25, 0.3) is 0 Å². The molecule has 1 saturated heterocycles. The molecule has 0 N–H and O–H groups in total. The molecule has 1 heterocycles. The lowest BCUT2D eigenvalue weighted by Gasteiger charge is -2.26. The van der Waals surface area contributed by atoms with Crippen LogP contribution in [0, 0.1) is 0 Å². The maximum atomic E-state index is 11.9. The van der Waals surface area contributed by atoms with Crippen LogP contribution in [0.25, 0.3) is 0 Å². The first-order valence-corrected chi connectivity index (χ1v) is 6.28. The largest absolute Gasteiger partial charge is 0.457 e. The molecule has 0 bridgehead atoms. The van der Waals surface area contributed by atoms with Crippen molar-refractivity contribution >= 4 is 18.2 Å². The number of nitrogens with zero attached hydrogens (tertiary/aromatic N) is 1. The quantitative estimate of drug-likeness (QED) is 0.385. The highest BCUT2D eigenvalue weighted by molar-refractivity contribution is 5.80. The van der Waals surface area contributed by atoms with Gasteiger partial charge in [0, 0.05) is 20.1 Å². The summed E-state index contributed by atoms with van der Waals surface area (Å²) >= 11 is 0. The molecule has 19 heavy (non-hydrogen) atoms. The minimum absolute atomic E-state index is 0.107. The third-order valence-corrected chi connectivity index (χ3v) is 2.73. The molecule has 0 aliphatic carbocycles. The summed E-state index contributed by atoms with van der Waals surface area (Å²) in [4.78, 5) is 34.6. The Hall–Kier alpha value is -1.69.